The lowest BCUT2D eigenvalue weighted by Crippen LogP contribution is -2.28. The van der Waals surface area contributed by atoms with E-state index in [0.29, 0.717) is 0 Å². The van der Waals surface area contributed by atoms with Crippen LogP contribution in [0.4, 0.5) is 0 Å². The van der Waals surface area contributed by atoms with Crippen molar-refractivity contribution in [2.75, 3.05) is 13.1 Å². The average Bonchev–Trinajstić information content (AvgIpc) is 3.03. The predicted molar refractivity (Wildman–Crippen MR) is 86.7 cm³/mol. The Kier molecular flexibility index (Phi) is 5.63. The summed E-state index contributed by atoms with van der Waals surface area (Å²) >= 11 is 0. The molecule has 0 aliphatic heterocycles. The second kappa shape index (κ2) is 7.94. The quantitative estimate of drug-likeness (QED) is 0.585. The van der Waals surface area contributed by atoms with Crippen LogP contribution in [0.15, 0.2) is 78.5 Å². The molecule has 0 amide bonds. The van der Waals surface area contributed by atoms with Gasteiger partial charge in [-0.05, 0) is 24.3 Å². The molecular weight excluding hydrogens is 258 g/mol. The molecule has 1 aromatic carbocycles. The fourth-order valence-electron chi connectivity index (χ4n) is 2.08. The molecule has 0 aliphatic carbocycles. The molecule has 0 fully saturated rings. The van der Waals surface area contributed by atoms with Crippen LogP contribution in [0.3, 0.4) is 0 Å². The van der Waals surface area contributed by atoms with Crippen LogP contribution in [0.25, 0.3) is 0 Å². The molecule has 0 saturated carbocycles. The maximum Gasteiger partial charge on any atom is 0.133 e. The fraction of sp³-hybridized carbons (Fsp3) is 0.158. The molecule has 2 heteroatoms. The number of hydrogen-bond acceptors (Lipinski definition) is 2. The van der Waals surface area contributed by atoms with Gasteiger partial charge in [-0.15, -0.1) is 13.2 Å². The van der Waals surface area contributed by atoms with Crippen LogP contribution in [-0.4, -0.2) is 18.0 Å². The lowest BCUT2D eigenvalue weighted by atomic mass is 10.1. The Bertz CT molecular complexity index is 607. The van der Waals surface area contributed by atoms with Gasteiger partial charge < -0.3 is 4.42 Å². The highest BCUT2D eigenvalue weighted by atomic mass is 16.3. The lowest BCUT2D eigenvalue weighted by molar-refractivity contribution is 0.261. The molecule has 106 valence electrons. The highest BCUT2D eigenvalue weighted by molar-refractivity contribution is 5.36. The fourth-order valence-corrected chi connectivity index (χ4v) is 2.08. The largest absolute Gasteiger partial charge is 0.467 e. The summed E-state index contributed by atoms with van der Waals surface area (Å²) in [4.78, 5) is 2.16. The van der Waals surface area contributed by atoms with Gasteiger partial charge in [0, 0.05) is 18.7 Å². The van der Waals surface area contributed by atoms with E-state index in [1.54, 1.807) is 6.26 Å². The summed E-state index contributed by atoms with van der Waals surface area (Å²) in [7, 11) is 0. The average molecular weight is 277 g/mol. The topological polar surface area (TPSA) is 16.4 Å². The first-order valence-electron chi connectivity index (χ1n) is 6.91. The minimum Gasteiger partial charge on any atom is -0.467 e. The van der Waals surface area contributed by atoms with Crippen molar-refractivity contribution in [3.05, 3.63) is 85.4 Å². The smallest absolute Gasteiger partial charge is 0.133 e. The first-order valence-corrected chi connectivity index (χ1v) is 6.91. The second-order valence-corrected chi connectivity index (χ2v) is 4.58. The summed E-state index contributed by atoms with van der Waals surface area (Å²) in [6, 6.07) is 13.7. The molecule has 2 aromatic rings. The van der Waals surface area contributed by atoms with Gasteiger partial charge in [0.05, 0.1) is 6.26 Å². The van der Waals surface area contributed by atoms with Crippen molar-refractivity contribution in [3.63, 3.8) is 0 Å². The SMILES string of the molecule is C=CCN(CC=C)[C@@H](C#Cc1ccccc1)c1ccco1. The van der Waals surface area contributed by atoms with E-state index < -0.39 is 0 Å². The van der Waals surface area contributed by atoms with Gasteiger partial charge in [-0.3, -0.25) is 4.90 Å². The molecule has 0 bridgehead atoms. The van der Waals surface area contributed by atoms with E-state index in [1.165, 1.54) is 0 Å². The Hall–Kier alpha value is -2.50. The minimum atomic E-state index is -0.115. The maximum atomic E-state index is 5.54. The number of furan rings is 1. The normalized spacial score (nSPS) is 11.5. The first-order chi connectivity index (χ1) is 10.3. The zero-order chi connectivity index (χ0) is 14.9. The highest BCUT2D eigenvalue weighted by Crippen LogP contribution is 2.20. The van der Waals surface area contributed by atoms with Crippen LogP contribution >= 0.6 is 0 Å². The Morgan fingerprint density at radius 1 is 1.05 bits per heavy atom. The summed E-state index contributed by atoms with van der Waals surface area (Å²) in [5, 5.41) is 0. The minimum absolute atomic E-state index is 0.115. The van der Waals surface area contributed by atoms with Gasteiger partial charge in [0.25, 0.3) is 0 Å². The van der Waals surface area contributed by atoms with Crippen molar-refractivity contribution >= 4 is 0 Å². The van der Waals surface area contributed by atoms with Gasteiger partial charge >= 0.3 is 0 Å². The Morgan fingerprint density at radius 2 is 1.76 bits per heavy atom. The van der Waals surface area contributed by atoms with Crippen LogP contribution in [-0.2, 0) is 0 Å². The van der Waals surface area contributed by atoms with Crippen LogP contribution in [0, 0.1) is 11.8 Å². The third-order valence-corrected chi connectivity index (χ3v) is 3.03. The Balaban J connectivity index is 2.30. The van der Waals surface area contributed by atoms with E-state index in [0.717, 1.165) is 24.4 Å². The molecule has 0 unspecified atom stereocenters. The molecule has 0 spiro atoms. The standard InChI is InChI=1S/C19H19NO/c1-3-14-20(15-4-2)18(19-11-8-16-21-19)13-12-17-9-6-5-7-10-17/h3-11,16,18H,1-2,14-15H2/t18-/m0/s1. The molecule has 2 nitrogen and oxygen atoms in total. The number of rotatable bonds is 6. The van der Waals surface area contributed by atoms with Crippen molar-refractivity contribution in [1.29, 1.82) is 0 Å². The van der Waals surface area contributed by atoms with E-state index in [-0.39, 0.29) is 6.04 Å². The highest BCUT2D eigenvalue weighted by Gasteiger charge is 2.18. The van der Waals surface area contributed by atoms with Crippen LogP contribution in [0.5, 0.6) is 0 Å². The Morgan fingerprint density at radius 3 is 2.33 bits per heavy atom. The molecule has 0 radical (unpaired) electrons. The molecule has 21 heavy (non-hydrogen) atoms. The molecule has 1 aromatic heterocycles. The summed E-state index contributed by atoms with van der Waals surface area (Å²) in [5.41, 5.74) is 0.992. The number of benzene rings is 1. The molecule has 0 N–H and O–H groups in total. The van der Waals surface area contributed by atoms with Gasteiger partial charge in [0.15, 0.2) is 0 Å². The lowest BCUT2D eigenvalue weighted by Gasteiger charge is -2.24. The molecule has 0 saturated heterocycles. The van der Waals surface area contributed by atoms with Gasteiger partial charge in [-0.25, -0.2) is 0 Å². The van der Waals surface area contributed by atoms with Crippen molar-refractivity contribution < 1.29 is 4.42 Å². The van der Waals surface area contributed by atoms with Crippen LogP contribution in [0.1, 0.15) is 17.4 Å². The summed E-state index contributed by atoms with van der Waals surface area (Å²) in [5.74, 6) is 7.34. The zero-order valence-electron chi connectivity index (χ0n) is 12.0. The van der Waals surface area contributed by atoms with Crippen molar-refractivity contribution in [2.24, 2.45) is 0 Å². The molecular formula is C19H19NO. The monoisotopic (exact) mass is 277 g/mol. The molecule has 1 heterocycles. The van der Waals surface area contributed by atoms with E-state index in [9.17, 15) is 0 Å². The first kappa shape index (κ1) is 14.9. The second-order valence-electron chi connectivity index (χ2n) is 4.58. The van der Waals surface area contributed by atoms with Gasteiger partial charge in [-0.2, -0.15) is 0 Å². The summed E-state index contributed by atoms with van der Waals surface area (Å²) in [6.07, 6.45) is 5.40. The van der Waals surface area contributed by atoms with E-state index in [1.807, 2.05) is 54.6 Å². The number of hydrogen-bond donors (Lipinski definition) is 0. The Labute approximate surface area is 126 Å². The summed E-state index contributed by atoms with van der Waals surface area (Å²) in [6.45, 7) is 9.07. The van der Waals surface area contributed by atoms with Gasteiger partial charge in [-0.1, -0.05) is 42.2 Å². The third-order valence-electron chi connectivity index (χ3n) is 3.03. The molecule has 0 aliphatic rings. The third kappa shape index (κ3) is 4.24. The van der Waals surface area contributed by atoms with Crippen molar-refractivity contribution in [1.82, 2.24) is 4.90 Å². The zero-order valence-corrected chi connectivity index (χ0v) is 12.0. The van der Waals surface area contributed by atoms with E-state index in [2.05, 4.69) is 29.9 Å². The van der Waals surface area contributed by atoms with E-state index >= 15 is 0 Å². The molecule has 2 rings (SSSR count). The van der Waals surface area contributed by atoms with Crippen molar-refractivity contribution in [2.45, 2.75) is 6.04 Å². The maximum absolute atomic E-state index is 5.54. The molecule has 1 atom stereocenters. The van der Waals surface area contributed by atoms with Crippen LogP contribution in [0.2, 0.25) is 0 Å². The summed E-state index contributed by atoms with van der Waals surface area (Å²) < 4.78 is 5.54. The van der Waals surface area contributed by atoms with Crippen molar-refractivity contribution in [3.8, 4) is 11.8 Å². The van der Waals surface area contributed by atoms with E-state index in [4.69, 9.17) is 4.42 Å². The number of nitrogens with zero attached hydrogens (tertiary/aromatic N) is 1. The van der Waals surface area contributed by atoms with Gasteiger partial charge in [0.1, 0.15) is 11.8 Å². The van der Waals surface area contributed by atoms with Gasteiger partial charge in [0.2, 0.25) is 0 Å². The van der Waals surface area contributed by atoms with Crippen LogP contribution < -0.4 is 0 Å². The predicted octanol–water partition coefficient (Wildman–Crippen LogP) is 4.05.